The van der Waals surface area contributed by atoms with Crippen molar-refractivity contribution in [3.05, 3.63) is 0 Å². The Hall–Kier alpha value is -0.0400. The van der Waals surface area contributed by atoms with E-state index in [1.54, 1.807) is 0 Å². The van der Waals surface area contributed by atoms with Gasteiger partial charge in [0.15, 0.2) is 0 Å². The Kier molecular flexibility index (Phi) is 4.67. The third-order valence-electron chi connectivity index (χ3n) is 2.68. The van der Waals surface area contributed by atoms with E-state index < -0.39 is 0 Å². The van der Waals surface area contributed by atoms with Crippen molar-refractivity contribution in [2.75, 3.05) is 0 Å². The fraction of sp³-hybridized carbons (Fsp3) is 1.00. The van der Waals surface area contributed by atoms with Crippen LogP contribution in [0.25, 0.3) is 0 Å². The molecule has 0 radical (unpaired) electrons. The summed E-state index contributed by atoms with van der Waals surface area (Å²) in [5.41, 5.74) is 0. The molecule has 1 heterocycles. The zero-order valence-corrected chi connectivity index (χ0v) is 8.51. The van der Waals surface area contributed by atoms with Crippen LogP contribution in [0.5, 0.6) is 0 Å². The molecule has 0 bridgehead atoms. The van der Waals surface area contributed by atoms with E-state index in [1.807, 2.05) is 0 Å². The maximum atomic E-state index is 5.47. The summed E-state index contributed by atoms with van der Waals surface area (Å²) in [7, 11) is 0. The van der Waals surface area contributed by atoms with Gasteiger partial charge in [-0.2, -0.15) is 0 Å². The van der Waals surface area contributed by atoms with Crippen LogP contribution < -0.4 is 0 Å². The van der Waals surface area contributed by atoms with Gasteiger partial charge in [-0.15, -0.1) is 0 Å². The molecule has 72 valence electrons. The first-order chi connectivity index (χ1) is 5.88. The first kappa shape index (κ1) is 10.0. The van der Waals surface area contributed by atoms with Crippen molar-refractivity contribution < 1.29 is 4.74 Å². The number of hydrogen-bond acceptors (Lipinski definition) is 1. The molecule has 0 aromatic heterocycles. The van der Waals surface area contributed by atoms with Crippen molar-refractivity contribution in [3.63, 3.8) is 0 Å². The van der Waals surface area contributed by atoms with Gasteiger partial charge in [-0.1, -0.05) is 46.0 Å². The molecule has 1 heteroatoms. The Morgan fingerprint density at radius 2 is 1.67 bits per heavy atom. The Labute approximate surface area is 76.5 Å². The van der Waals surface area contributed by atoms with Gasteiger partial charge >= 0.3 is 0 Å². The van der Waals surface area contributed by atoms with Gasteiger partial charge in [0.25, 0.3) is 0 Å². The molecular formula is C11H22O. The predicted octanol–water partition coefficient (Wildman–Crippen LogP) is 3.52. The van der Waals surface area contributed by atoms with Crippen molar-refractivity contribution in [1.29, 1.82) is 0 Å². The summed E-state index contributed by atoms with van der Waals surface area (Å²) in [6.45, 7) is 4.47. The van der Waals surface area contributed by atoms with Crippen LogP contribution in [0.4, 0.5) is 0 Å². The Balaban J connectivity index is 1.78. The van der Waals surface area contributed by atoms with Crippen LogP contribution in [0.2, 0.25) is 0 Å². The number of rotatable bonds is 7. The summed E-state index contributed by atoms with van der Waals surface area (Å²) >= 11 is 0. The van der Waals surface area contributed by atoms with Crippen molar-refractivity contribution in [1.82, 2.24) is 0 Å². The van der Waals surface area contributed by atoms with Crippen molar-refractivity contribution >= 4 is 0 Å². The molecule has 0 spiro atoms. The highest BCUT2D eigenvalue weighted by Crippen LogP contribution is 2.29. The van der Waals surface area contributed by atoms with Crippen molar-refractivity contribution in [3.8, 4) is 0 Å². The highest BCUT2D eigenvalue weighted by molar-refractivity contribution is 4.82. The third-order valence-corrected chi connectivity index (χ3v) is 2.68. The first-order valence-electron chi connectivity index (χ1n) is 5.54. The molecule has 1 rings (SSSR count). The van der Waals surface area contributed by atoms with Gasteiger partial charge in [-0.3, -0.25) is 0 Å². The van der Waals surface area contributed by atoms with E-state index in [0.717, 1.165) is 0 Å². The molecule has 0 aliphatic carbocycles. The van der Waals surface area contributed by atoms with Gasteiger partial charge in [0.1, 0.15) is 0 Å². The van der Waals surface area contributed by atoms with Gasteiger partial charge in [0.05, 0.1) is 12.2 Å². The minimum atomic E-state index is 0.621. The lowest BCUT2D eigenvalue weighted by atomic mass is 10.1. The zero-order valence-electron chi connectivity index (χ0n) is 8.51. The van der Waals surface area contributed by atoms with Crippen LogP contribution in [-0.2, 0) is 4.74 Å². The zero-order chi connectivity index (χ0) is 8.81. The van der Waals surface area contributed by atoms with Crippen LogP contribution in [0.1, 0.15) is 58.8 Å². The lowest BCUT2D eigenvalue weighted by Crippen LogP contribution is -1.91. The fourth-order valence-electron chi connectivity index (χ4n) is 1.74. The number of epoxide rings is 1. The minimum Gasteiger partial charge on any atom is -0.370 e. The van der Waals surface area contributed by atoms with E-state index in [-0.39, 0.29) is 0 Å². The summed E-state index contributed by atoms with van der Waals surface area (Å²) in [5.74, 6) is 0. The molecule has 0 N–H and O–H groups in total. The van der Waals surface area contributed by atoms with Gasteiger partial charge in [0, 0.05) is 0 Å². The van der Waals surface area contributed by atoms with E-state index in [9.17, 15) is 0 Å². The SMILES string of the molecule is CCCCCCCC1OC1CC. The quantitative estimate of drug-likeness (QED) is 0.420. The first-order valence-corrected chi connectivity index (χ1v) is 5.54. The number of unbranched alkanes of at least 4 members (excludes halogenated alkanes) is 4. The molecule has 1 aliphatic heterocycles. The van der Waals surface area contributed by atoms with Gasteiger partial charge in [-0.25, -0.2) is 0 Å². The van der Waals surface area contributed by atoms with E-state index >= 15 is 0 Å². The van der Waals surface area contributed by atoms with Crippen LogP contribution >= 0.6 is 0 Å². The van der Waals surface area contributed by atoms with Gasteiger partial charge in [-0.05, 0) is 12.8 Å². The van der Waals surface area contributed by atoms with E-state index in [1.165, 1.54) is 44.9 Å². The van der Waals surface area contributed by atoms with Gasteiger partial charge in [0.2, 0.25) is 0 Å². The number of hydrogen-bond donors (Lipinski definition) is 0. The maximum absolute atomic E-state index is 5.47. The highest BCUT2D eigenvalue weighted by atomic mass is 16.6. The summed E-state index contributed by atoms with van der Waals surface area (Å²) in [5, 5.41) is 0. The molecule has 2 unspecified atom stereocenters. The molecular weight excluding hydrogens is 148 g/mol. The summed E-state index contributed by atoms with van der Waals surface area (Å²) in [4.78, 5) is 0. The van der Waals surface area contributed by atoms with E-state index in [2.05, 4.69) is 13.8 Å². The molecule has 1 nitrogen and oxygen atoms in total. The van der Waals surface area contributed by atoms with Crippen LogP contribution in [-0.4, -0.2) is 12.2 Å². The summed E-state index contributed by atoms with van der Waals surface area (Å²) < 4.78 is 5.47. The molecule has 1 saturated heterocycles. The van der Waals surface area contributed by atoms with E-state index in [4.69, 9.17) is 4.74 Å². The van der Waals surface area contributed by atoms with Crippen molar-refractivity contribution in [2.45, 2.75) is 71.0 Å². The topological polar surface area (TPSA) is 12.5 Å². The Bertz CT molecular complexity index is 112. The minimum absolute atomic E-state index is 0.621. The second kappa shape index (κ2) is 5.58. The van der Waals surface area contributed by atoms with Crippen molar-refractivity contribution in [2.24, 2.45) is 0 Å². The maximum Gasteiger partial charge on any atom is 0.0841 e. The molecule has 0 aromatic carbocycles. The highest BCUT2D eigenvalue weighted by Gasteiger charge is 2.35. The second-order valence-electron chi connectivity index (χ2n) is 3.82. The van der Waals surface area contributed by atoms with Gasteiger partial charge < -0.3 is 4.74 Å². The third kappa shape index (κ3) is 3.57. The molecule has 2 atom stereocenters. The molecule has 0 aromatic rings. The van der Waals surface area contributed by atoms with Crippen LogP contribution in [0, 0.1) is 0 Å². The molecule has 1 aliphatic rings. The lowest BCUT2D eigenvalue weighted by molar-refractivity contribution is 0.355. The lowest BCUT2D eigenvalue weighted by Gasteiger charge is -1.96. The fourth-order valence-corrected chi connectivity index (χ4v) is 1.74. The monoisotopic (exact) mass is 170 g/mol. The van der Waals surface area contributed by atoms with E-state index in [0.29, 0.717) is 12.2 Å². The smallest absolute Gasteiger partial charge is 0.0841 e. The summed E-state index contributed by atoms with van der Waals surface area (Å²) in [6.07, 6.45) is 10.7. The second-order valence-corrected chi connectivity index (χ2v) is 3.82. The molecule has 1 fully saturated rings. The Morgan fingerprint density at radius 3 is 2.25 bits per heavy atom. The average Bonchev–Trinajstić information content (AvgIpc) is 2.83. The largest absolute Gasteiger partial charge is 0.370 e. The Morgan fingerprint density at radius 1 is 0.917 bits per heavy atom. The standard InChI is InChI=1S/C11H22O/c1-3-5-6-7-8-9-11-10(4-2)12-11/h10-11H,3-9H2,1-2H3. The molecule has 12 heavy (non-hydrogen) atoms. The van der Waals surface area contributed by atoms with Crippen LogP contribution in [0.15, 0.2) is 0 Å². The number of ether oxygens (including phenoxy) is 1. The molecule has 0 amide bonds. The predicted molar refractivity (Wildman–Crippen MR) is 52.3 cm³/mol. The average molecular weight is 170 g/mol. The molecule has 0 saturated carbocycles. The normalized spacial score (nSPS) is 27.5. The van der Waals surface area contributed by atoms with Crippen LogP contribution in [0.3, 0.4) is 0 Å². The summed E-state index contributed by atoms with van der Waals surface area (Å²) in [6, 6.07) is 0.